The molecule has 0 aliphatic carbocycles. The number of aromatic nitrogens is 1. The average molecular weight is 270 g/mol. The van der Waals surface area contributed by atoms with Gasteiger partial charge in [0.25, 0.3) is 5.03 Å². The first-order valence-corrected chi connectivity index (χ1v) is 6.28. The standard InChI is InChI=1S/C12H9ClFNOS/c13-11-7-10(14)5-4-9(11)8-17-12-3-1-2-6-15(12)16/h1-7H,8H2. The number of pyridine rings is 1. The Morgan fingerprint density at radius 2 is 2.12 bits per heavy atom. The zero-order valence-corrected chi connectivity index (χ0v) is 10.3. The SMILES string of the molecule is [O-][n+]1ccccc1SCc1ccc(F)cc1Cl. The number of hydrogen-bond donors (Lipinski definition) is 0. The summed E-state index contributed by atoms with van der Waals surface area (Å²) in [6.45, 7) is 0. The molecule has 0 saturated carbocycles. The molecular formula is C12H9ClFNOS. The number of nitrogens with zero attached hydrogens (tertiary/aromatic N) is 1. The van der Waals surface area contributed by atoms with E-state index in [0.717, 1.165) is 10.3 Å². The van der Waals surface area contributed by atoms with Crippen LogP contribution in [0.2, 0.25) is 5.02 Å². The van der Waals surface area contributed by atoms with Crippen LogP contribution in [0.3, 0.4) is 0 Å². The molecule has 17 heavy (non-hydrogen) atoms. The smallest absolute Gasteiger partial charge is 0.251 e. The largest absolute Gasteiger partial charge is 0.618 e. The molecule has 0 aliphatic heterocycles. The van der Waals surface area contributed by atoms with Crippen LogP contribution in [-0.4, -0.2) is 0 Å². The van der Waals surface area contributed by atoms with Crippen LogP contribution in [0.5, 0.6) is 0 Å². The third kappa shape index (κ3) is 3.11. The fraction of sp³-hybridized carbons (Fsp3) is 0.0833. The van der Waals surface area contributed by atoms with Gasteiger partial charge in [-0.05, 0) is 23.8 Å². The lowest BCUT2D eigenvalue weighted by Crippen LogP contribution is -2.27. The van der Waals surface area contributed by atoms with Crippen molar-refractivity contribution in [2.45, 2.75) is 10.8 Å². The molecule has 0 atom stereocenters. The minimum Gasteiger partial charge on any atom is -0.618 e. The van der Waals surface area contributed by atoms with Crippen LogP contribution in [0.25, 0.3) is 0 Å². The molecule has 0 bridgehead atoms. The second kappa shape index (κ2) is 5.38. The lowest BCUT2D eigenvalue weighted by Gasteiger charge is -2.05. The Morgan fingerprint density at radius 1 is 1.29 bits per heavy atom. The molecule has 0 unspecified atom stereocenters. The number of hydrogen-bond acceptors (Lipinski definition) is 2. The van der Waals surface area contributed by atoms with Gasteiger partial charge in [0.2, 0.25) is 0 Å². The normalized spacial score (nSPS) is 10.5. The zero-order chi connectivity index (χ0) is 12.3. The van der Waals surface area contributed by atoms with E-state index in [0.29, 0.717) is 15.8 Å². The van der Waals surface area contributed by atoms with Crippen LogP contribution in [-0.2, 0) is 5.75 Å². The Kier molecular flexibility index (Phi) is 3.86. The molecule has 5 heteroatoms. The summed E-state index contributed by atoms with van der Waals surface area (Å²) in [5.74, 6) is 0.174. The van der Waals surface area contributed by atoms with Gasteiger partial charge in [-0.2, -0.15) is 4.73 Å². The van der Waals surface area contributed by atoms with Crippen molar-refractivity contribution < 1.29 is 9.12 Å². The molecular weight excluding hydrogens is 261 g/mol. The summed E-state index contributed by atoms with van der Waals surface area (Å²) < 4.78 is 13.6. The molecule has 0 radical (unpaired) electrons. The van der Waals surface area contributed by atoms with Gasteiger partial charge in [0.05, 0.1) is 0 Å². The first-order chi connectivity index (χ1) is 8.16. The van der Waals surface area contributed by atoms with Gasteiger partial charge in [0.1, 0.15) is 5.82 Å². The average Bonchev–Trinajstić information content (AvgIpc) is 2.30. The third-order valence-electron chi connectivity index (χ3n) is 2.18. The Hall–Kier alpha value is -1.26. The van der Waals surface area contributed by atoms with Crippen molar-refractivity contribution in [2.75, 3.05) is 0 Å². The molecule has 1 aromatic carbocycles. The summed E-state index contributed by atoms with van der Waals surface area (Å²) in [6, 6.07) is 9.45. The fourth-order valence-electron chi connectivity index (χ4n) is 1.31. The highest BCUT2D eigenvalue weighted by atomic mass is 35.5. The molecule has 0 saturated heterocycles. The minimum absolute atomic E-state index is 0.359. The van der Waals surface area contributed by atoms with Crippen LogP contribution in [0.1, 0.15) is 5.56 Å². The molecule has 2 rings (SSSR count). The summed E-state index contributed by atoms with van der Waals surface area (Å²) in [5.41, 5.74) is 0.807. The minimum atomic E-state index is -0.359. The van der Waals surface area contributed by atoms with Crippen LogP contribution >= 0.6 is 23.4 Å². The molecule has 0 spiro atoms. The first-order valence-electron chi connectivity index (χ1n) is 4.92. The quantitative estimate of drug-likeness (QED) is 0.485. The lowest BCUT2D eigenvalue weighted by molar-refractivity contribution is -0.645. The van der Waals surface area contributed by atoms with Gasteiger partial charge in [-0.3, -0.25) is 0 Å². The van der Waals surface area contributed by atoms with Crippen molar-refractivity contribution in [1.29, 1.82) is 0 Å². The van der Waals surface area contributed by atoms with E-state index in [1.165, 1.54) is 30.1 Å². The predicted molar refractivity (Wildman–Crippen MR) is 66.4 cm³/mol. The van der Waals surface area contributed by atoms with E-state index in [4.69, 9.17) is 11.6 Å². The lowest BCUT2D eigenvalue weighted by atomic mass is 10.2. The zero-order valence-electron chi connectivity index (χ0n) is 8.77. The van der Waals surface area contributed by atoms with Gasteiger partial charge >= 0.3 is 0 Å². The second-order valence-electron chi connectivity index (χ2n) is 3.39. The Morgan fingerprint density at radius 3 is 2.82 bits per heavy atom. The van der Waals surface area contributed by atoms with Crippen molar-refractivity contribution in [2.24, 2.45) is 0 Å². The van der Waals surface area contributed by atoms with Crippen molar-refractivity contribution in [3.05, 3.63) is 64.2 Å². The molecule has 0 aliphatic rings. The van der Waals surface area contributed by atoms with Crippen LogP contribution in [0.15, 0.2) is 47.6 Å². The van der Waals surface area contributed by atoms with Gasteiger partial charge in [-0.25, -0.2) is 4.39 Å². The van der Waals surface area contributed by atoms with Crippen molar-refractivity contribution in [3.8, 4) is 0 Å². The van der Waals surface area contributed by atoms with E-state index >= 15 is 0 Å². The Balaban J connectivity index is 2.10. The van der Waals surface area contributed by atoms with Gasteiger partial charge in [-0.1, -0.05) is 29.4 Å². The highest BCUT2D eigenvalue weighted by Crippen LogP contribution is 2.25. The molecule has 1 aromatic heterocycles. The number of benzene rings is 1. The van der Waals surface area contributed by atoms with Crippen LogP contribution in [0.4, 0.5) is 4.39 Å². The Bertz CT molecular complexity index is 536. The summed E-state index contributed by atoms with van der Waals surface area (Å²) in [6.07, 6.45) is 1.44. The number of halogens is 2. The van der Waals surface area contributed by atoms with E-state index in [9.17, 15) is 9.60 Å². The number of rotatable bonds is 3. The molecule has 88 valence electrons. The maximum Gasteiger partial charge on any atom is 0.251 e. The number of thioether (sulfide) groups is 1. The summed E-state index contributed by atoms with van der Waals surface area (Å²) in [4.78, 5) is 0. The topological polar surface area (TPSA) is 26.9 Å². The van der Waals surface area contributed by atoms with E-state index in [-0.39, 0.29) is 5.82 Å². The van der Waals surface area contributed by atoms with E-state index in [2.05, 4.69) is 0 Å². The van der Waals surface area contributed by atoms with Gasteiger partial charge in [-0.15, -0.1) is 0 Å². The summed E-state index contributed by atoms with van der Waals surface area (Å²) in [5, 5.41) is 12.4. The van der Waals surface area contributed by atoms with Crippen LogP contribution in [0, 0.1) is 11.0 Å². The molecule has 2 aromatic rings. The highest BCUT2D eigenvalue weighted by Gasteiger charge is 2.07. The van der Waals surface area contributed by atoms with Gasteiger partial charge < -0.3 is 5.21 Å². The fourth-order valence-corrected chi connectivity index (χ4v) is 2.55. The monoisotopic (exact) mass is 269 g/mol. The third-order valence-corrected chi connectivity index (χ3v) is 3.60. The summed E-state index contributed by atoms with van der Waals surface area (Å²) in [7, 11) is 0. The van der Waals surface area contributed by atoms with Crippen molar-refractivity contribution in [1.82, 2.24) is 0 Å². The second-order valence-corrected chi connectivity index (χ2v) is 4.79. The van der Waals surface area contributed by atoms with Gasteiger partial charge in [0, 0.05) is 22.9 Å². The van der Waals surface area contributed by atoms with E-state index in [1.54, 1.807) is 24.3 Å². The van der Waals surface area contributed by atoms with Crippen LogP contribution < -0.4 is 4.73 Å². The molecule has 0 fully saturated rings. The first kappa shape index (κ1) is 12.2. The molecule has 0 N–H and O–H groups in total. The van der Waals surface area contributed by atoms with E-state index in [1.807, 2.05) is 0 Å². The molecule has 1 heterocycles. The summed E-state index contributed by atoms with van der Waals surface area (Å²) >= 11 is 7.26. The Labute approximate surface area is 108 Å². The maximum atomic E-state index is 12.8. The van der Waals surface area contributed by atoms with Gasteiger partial charge in [0.15, 0.2) is 6.20 Å². The molecule has 0 amide bonds. The predicted octanol–water partition coefficient (Wildman–Crippen LogP) is 3.40. The van der Waals surface area contributed by atoms with Crippen molar-refractivity contribution in [3.63, 3.8) is 0 Å². The van der Waals surface area contributed by atoms with E-state index < -0.39 is 0 Å². The van der Waals surface area contributed by atoms with Crippen molar-refractivity contribution >= 4 is 23.4 Å². The molecule has 2 nitrogen and oxygen atoms in total. The highest BCUT2D eigenvalue weighted by molar-refractivity contribution is 7.98. The maximum absolute atomic E-state index is 12.8.